The first-order valence-electron chi connectivity index (χ1n) is 7.28. The molecule has 0 atom stereocenters. The summed E-state index contributed by atoms with van der Waals surface area (Å²) in [7, 11) is 1.73. The molecule has 114 valence electrons. The van der Waals surface area contributed by atoms with Gasteiger partial charge in [-0.3, -0.25) is 14.9 Å². The number of benzene rings is 1. The number of rotatable bonds is 4. The highest BCUT2D eigenvalue weighted by molar-refractivity contribution is 5.99. The average Bonchev–Trinajstić information content (AvgIpc) is 2.47. The second kappa shape index (κ2) is 6.56. The SMILES string of the molecule is CN(CC1CCCCC1)C(=O)c1cc([N+](=O)[O-])ccc1N. The Balaban J connectivity index is 2.10. The number of carbonyl (C=O) groups excluding carboxylic acids is 1. The molecule has 21 heavy (non-hydrogen) atoms. The molecular weight excluding hydrogens is 270 g/mol. The number of nitrogen functional groups attached to an aromatic ring is 1. The summed E-state index contributed by atoms with van der Waals surface area (Å²) >= 11 is 0. The Labute approximate surface area is 124 Å². The summed E-state index contributed by atoms with van der Waals surface area (Å²) in [4.78, 5) is 24.4. The number of anilines is 1. The zero-order valence-corrected chi connectivity index (χ0v) is 12.2. The second-order valence-electron chi connectivity index (χ2n) is 5.72. The Bertz CT molecular complexity index is 539. The zero-order valence-electron chi connectivity index (χ0n) is 12.2. The Morgan fingerprint density at radius 3 is 2.67 bits per heavy atom. The van der Waals surface area contributed by atoms with Crippen molar-refractivity contribution >= 4 is 17.3 Å². The number of nitro benzene ring substituents is 1. The molecule has 1 aromatic rings. The van der Waals surface area contributed by atoms with Gasteiger partial charge in [0.05, 0.1) is 10.5 Å². The lowest BCUT2D eigenvalue weighted by atomic mass is 9.89. The molecule has 1 fully saturated rings. The van der Waals surface area contributed by atoms with E-state index in [9.17, 15) is 14.9 Å². The van der Waals surface area contributed by atoms with Crippen molar-refractivity contribution in [3.05, 3.63) is 33.9 Å². The monoisotopic (exact) mass is 291 g/mol. The van der Waals surface area contributed by atoms with Gasteiger partial charge in [-0.05, 0) is 24.8 Å². The summed E-state index contributed by atoms with van der Waals surface area (Å²) in [5, 5.41) is 10.8. The molecule has 0 aromatic heterocycles. The molecule has 2 rings (SSSR count). The van der Waals surface area contributed by atoms with Crippen LogP contribution < -0.4 is 5.73 Å². The number of nitrogens with two attached hydrogens (primary N) is 1. The molecular formula is C15H21N3O3. The number of hydrogen-bond acceptors (Lipinski definition) is 4. The largest absolute Gasteiger partial charge is 0.398 e. The molecule has 0 unspecified atom stereocenters. The van der Waals surface area contributed by atoms with E-state index in [1.807, 2.05) is 0 Å². The Morgan fingerprint density at radius 2 is 2.05 bits per heavy atom. The summed E-state index contributed by atoms with van der Waals surface area (Å²) < 4.78 is 0. The first kappa shape index (κ1) is 15.3. The third-order valence-electron chi connectivity index (χ3n) is 4.08. The lowest BCUT2D eigenvalue weighted by Crippen LogP contribution is -2.33. The molecule has 0 radical (unpaired) electrons. The number of amides is 1. The van der Waals surface area contributed by atoms with Crippen molar-refractivity contribution in [2.45, 2.75) is 32.1 Å². The van der Waals surface area contributed by atoms with Gasteiger partial charge in [-0.25, -0.2) is 0 Å². The van der Waals surface area contributed by atoms with E-state index in [0.29, 0.717) is 12.5 Å². The van der Waals surface area contributed by atoms with Gasteiger partial charge in [-0.1, -0.05) is 19.3 Å². The van der Waals surface area contributed by atoms with Crippen LogP contribution in [0.1, 0.15) is 42.5 Å². The maximum absolute atomic E-state index is 12.4. The van der Waals surface area contributed by atoms with Crippen LogP contribution in [-0.2, 0) is 0 Å². The zero-order chi connectivity index (χ0) is 15.4. The standard InChI is InChI=1S/C15H21N3O3/c1-17(10-11-5-3-2-4-6-11)15(19)13-9-12(18(20)21)7-8-14(13)16/h7-9,11H,2-6,10,16H2,1H3. The van der Waals surface area contributed by atoms with Crippen LogP contribution in [0.15, 0.2) is 18.2 Å². The van der Waals surface area contributed by atoms with Gasteiger partial charge < -0.3 is 10.6 Å². The Kier molecular flexibility index (Phi) is 4.77. The van der Waals surface area contributed by atoms with E-state index in [2.05, 4.69) is 0 Å². The van der Waals surface area contributed by atoms with Gasteiger partial charge in [0.1, 0.15) is 0 Å². The molecule has 1 aromatic carbocycles. The van der Waals surface area contributed by atoms with E-state index >= 15 is 0 Å². The second-order valence-corrected chi connectivity index (χ2v) is 5.72. The van der Waals surface area contributed by atoms with Crippen molar-refractivity contribution in [1.82, 2.24) is 4.90 Å². The van der Waals surface area contributed by atoms with Gasteiger partial charge in [0.2, 0.25) is 0 Å². The van der Waals surface area contributed by atoms with Crippen LogP contribution in [0.5, 0.6) is 0 Å². The fourth-order valence-electron chi connectivity index (χ4n) is 2.89. The minimum atomic E-state index is -0.517. The highest BCUT2D eigenvalue weighted by atomic mass is 16.6. The highest BCUT2D eigenvalue weighted by Gasteiger charge is 2.22. The molecule has 6 heteroatoms. The van der Waals surface area contributed by atoms with Crippen LogP contribution in [-0.4, -0.2) is 29.3 Å². The summed E-state index contributed by atoms with van der Waals surface area (Å²) in [6, 6.07) is 3.99. The van der Waals surface area contributed by atoms with Gasteiger partial charge in [-0.2, -0.15) is 0 Å². The van der Waals surface area contributed by atoms with Crippen LogP contribution >= 0.6 is 0 Å². The number of non-ortho nitro benzene ring substituents is 1. The van der Waals surface area contributed by atoms with E-state index in [4.69, 9.17) is 5.73 Å². The number of nitro groups is 1. The molecule has 0 heterocycles. The van der Waals surface area contributed by atoms with Gasteiger partial charge in [0, 0.05) is 31.4 Å². The average molecular weight is 291 g/mol. The lowest BCUT2D eigenvalue weighted by molar-refractivity contribution is -0.384. The molecule has 6 nitrogen and oxygen atoms in total. The minimum absolute atomic E-state index is 0.112. The molecule has 0 saturated heterocycles. The third-order valence-corrected chi connectivity index (χ3v) is 4.08. The Hall–Kier alpha value is -2.11. The normalized spacial score (nSPS) is 15.7. The van der Waals surface area contributed by atoms with Crippen molar-refractivity contribution in [1.29, 1.82) is 0 Å². The molecule has 1 saturated carbocycles. The first-order chi connectivity index (χ1) is 9.99. The van der Waals surface area contributed by atoms with Crippen molar-refractivity contribution in [3.63, 3.8) is 0 Å². The molecule has 0 aliphatic heterocycles. The van der Waals surface area contributed by atoms with Crippen LogP contribution in [0.4, 0.5) is 11.4 Å². The highest BCUT2D eigenvalue weighted by Crippen LogP contribution is 2.26. The van der Waals surface area contributed by atoms with Crippen molar-refractivity contribution in [2.24, 2.45) is 5.92 Å². The molecule has 0 spiro atoms. The predicted molar refractivity (Wildman–Crippen MR) is 81.0 cm³/mol. The van der Waals surface area contributed by atoms with Crippen LogP contribution in [0.2, 0.25) is 0 Å². The van der Waals surface area contributed by atoms with Crippen LogP contribution in [0.3, 0.4) is 0 Å². The first-order valence-corrected chi connectivity index (χ1v) is 7.28. The maximum atomic E-state index is 12.4. The van der Waals surface area contributed by atoms with E-state index in [1.54, 1.807) is 11.9 Å². The van der Waals surface area contributed by atoms with Gasteiger partial charge in [0.15, 0.2) is 0 Å². The smallest absolute Gasteiger partial charge is 0.270 e. The fourth-order valence-corrected chi connectivity index (χ4v) is 2.89. The molecule has 2 N–H and O–H groups in total. The number of carbonyl (C=O) groups is 1. The Morgan fingerprint density at radius 1 is 1.38 bits per heavy atom. The predicted octanol–water partition coefficient (Wildman–Crippen LogP) is 2.83. The van der Waals surface area contributed by atoms with Crippen molar-refractivity contribution in [3.8, 4) is 0 Å². The lowest BCUT2D eigenvalue weighted by Gasteiger charge is -2.27. The molecule has 1 aliphatic carbocycles. The fraction of sp³-hybridized carbons (Fsp3) is 0.533. The van der Waals surface area contributed by atoms with Crippen LogP contribution in [0.25, 0.3) is 0 Å². The number of hydrogen-bond donors (Lipinski definition) is 1. The van der Waals surface area contributed by atoms with E-state index in [1.165, 1.54) is 37.5 Å². The summed E-state index contributed by atoms with van der Waals surface area (Å²) in [5.74, 6) is 0.273. The number of nitrogens with zero attached hydrogens (tertiary/aromatic N) is 2. The topological polar surface area (TPSA) is 89.5 Å². The van der Waals surface area contributed by atoms with Gasteiger partial charge in [-0.15, -0.1) is 0 Å². The third kappa shape index (κ3) is 3.71. The van der Waals surface area contributed by atoms with E-state index in [0.717, 1.165) is 12.8 Å². The van der Waals surface area contributed by atoms with Gasteiger partial charge >= 0.3 is 0 Å². The van der Waals surface area contributed by atoms with Crippen molar-refractivity contribution in [2.75, 3.05) is 19.3 Å². The molecule has 1 amide bonds. The summed E-state index contributed by atoms with van der Waals surface area (Å²) in [5.41, 5.74) is 6.17. The van der Waals surface area contributed by atoms with Crippen LogP contribution in [0, 0.1) is 16.0 Å². The van der Waals surface area contributed by atoms with Crippen molar-refractivity contribution < 1.29 is 9.72 Å². The quantitative estimate of drug-likeness (QED) is 0.524. The minimum Gasteiger partial charge on any atom is -0.398 e. The van der Waals surface area contributed by atoms with Gasteiger partial charge in [0.25, 0.3) is 11.6 Å². The summed E-state index contributed by atoms with van der Waals surface area (Å²) in [6.45, 7) is 0.682. The molecule has 0 bridgehead atoms. The van der Waals surface area contributed by atoms with E-state index in [-0.39, 0.29) is 22.8 Å². The molecule has 1 aliphatic rings. The maximum Gasteiger partial charge on any atom is 0.270 e. The summed E-state index contributed by atoms with van der Waals surface area (Å²) in [6.07, 6.45) is 5.98. The van der Waals surface area contributed by atoms with E-state index < -0.39 is 4.92 Å².